The minimum Gasteiger partial charge on any atom is -0.497 e. The highest BCUT2D eigenvalue weighted by Gasteiger charge is 2.08. The number of rotatable bonds is 4. The Bertz CT molecular complexity index is 849. The van der Waals surface area contributed by atoms with Crippen LogP contribution in [0.5, 0.6) is 5.75 Å². The van der Waals surface area contributed by atoms with Gasteiger partial charge in [0.2, 0.25) is 0 Å². The molecule has 0 heterocycles. The number of methoxy groups -OCH3 is 1. The van der Waals surface area contributed by atoms with Gasteiger partial charge in [-0.1, -0.05) is 54.1 Å². The predicted octanol–water partition coefficient (Wildman–Crippen LogP) is 5.81. The summed E-state index contributed by atoms with van der Waals surface area (Å²) in [6, 6.07) is 24.8. The van der Waals surface area contributed by atoms with E-state index < -0.39 is 0 Å². The summed E-state index contributed by atoms with van der Waals surface area (Å²) in [5.41, 5.74) is 6.75. The Morgan fingerprint density at radius 3 is 2.25 bits per heavy atom. The molecule has 120 valence electrons. The molecule has 0 bridgehead atoms. The van der Waals surface area contributed by atoms with E-state index in [1.807, 2.05) is 30.3 Å². The first-order valence-electron chi connectivity index (χ1n) is 8.03. The molecule has 0 atom stereocenters. The highest BCUT2D eigenvalue weighted by atomic mass is 16.5. The maximum atomic E-state index is 5.20. The lowest BCUT2D eigenvalue weighted by molar-refractivity contribution is 0.415. The van der Waals surface area contributed by atoms with E-state index in [-0.39, 0.29) is 0 Å². The van der Waals surface area contributed by atoms with Crippen LogP contribution in [-0.2, 0) is 0 Å². The van der Waals surface area contributed by atoms with Gasteiger partial charge in [-0.2, -0.15) is 0 Å². The molecule has 3 rings (SSSR count). The second-order valence-electron chi connectivity index (χ2n) is 5.81. The average Bonchev–Trinajstić information content (AvgIpc) is 2.63. The van der Waals surface area contributed by atoms with Crippen molar-refractivity contribution in [2.24, 2.45) is 4.99 Å². The average molecular weight is 315 g/mol. The van der Waals surface area contributed by atoms with Gasteiger partial charge in [-0.25, -0.2) is 0 Å². The van der Waals surface area contributed by atoms with Gasteiger partial charge in [0.15, 0.2) is 0 Å². The van der Waals surface area contributed by atoms with E-state index in [1.54, 1.807) is 7.11 Å². The summed E-state index contributed by atoms with van der Waals surface area (Å²) in [6.07, 6.45) is 0. The first-order valence-corrected chi connectivity index (χ1v) is 8.03. The Labute approximate surface area is 143 Å². The van der Waals surface area contributed by atoms with Gasteiger partial charge in [-0.15, -0.1) is 0 Å². The van der Waals surface area contributed by atoms with Gasteiger partial charge >= 0.3 is 0 Å². The molecule has 2 nitrogen and oxygen atoms in total. The topological polar surface area (TPSA) is 21.6 Å². The predicted molar refractivity (Wildman–Crippen MR) is 101 cm³/mol. The van der Waals surface area contributed by atoms with E-state index in [2.05, 4.69) is 56.3 Å². The maximum Gasteiger partial charge on any atom is 0.119 e. The van der Waals surface area contributed by atoms with E-state index in [1.165, 1.54) is 16.7 Å². The number of ether oxygens (including phenoxy) is 1. The van der Waals surface area contributed by atoms with Crippen molar-refractivity contribution in [3.8, 4) is 16.9 Å². The van der Waals surface area contributed by atoms with Crippen molar-refractivity contribution >= 4 is 11.4 Å². The highest BCUT2D eigenvalue weighted by molar-refractivity contribution is 6.05. The second kappa shape index (κ2) is 7.14. The van der Waals surface area contributed by atoms with Crippen molar-refractivity contribution in [1.29, 1.82) is 0 Å². The van der Waals surface area contributed by atoms with Crippen LogP contribution in [0.2, 0.25) is 0 Å². The minimum absolute atomic E-state index is 0.840. The third kappa shape index (κ3) is 3.54. The first kappa shape index (κ1) is 16.0. The molecule has 0 spiro atoms. The number of aryl methyl sites for hydroxylation is 1. The van der Waals surface area contributed by atoms with Crippen LogP contribution >= 0.6 is 0 Å². The van der Waals surface area contributed by atoms with Crippen molar-refractivity contribution in [3.63, 3.8) is 0 Å². The van der Waals surface area contributed by atoms with Crippen LogP contribution in [0.3, 0.4) is 0 Å². The molecule has 0 N–H and O–H groups in total. The van der Waals surface area contributed by atoms with E-state index in [0.717, 1.165) is 22.7 Å². The van der Waals surface area contributed by atoms with Crippen LogP contribution in [-0.4, -0.2) is 12.8 Å². The van der Waals surface area contributed by atoms with Crippen LogP contribution in [0.1, 0.15) is 18.1 Å². The molecular weight excluding hydrogens is 294 g/mol. The van der Waals surface area contributed by atoms with Crippen molar-refractivity contribution in [2.45, 2.75) is 13.8 Å². The normalized spacial score (nSPS) is 11.4. The van der Waals surface area contributed by atoms with Crippen LogP contribution in [0.25, 0.3) is 11.1 Å². The molecule has 3 aromatic rings. The minimum atomic E-state index is 0.840. The number of aliphatic imine (C=N–C) groups is 1. The van der Waals surface area contributed by atoms with Crippen molar-refractivity contribution < 1.29 is 4.74 Å². The highest BCUT2D eigenvalue weighted by Crippen LogP contribution is 2.27. The standard InChI is InChI=1S/C22H21NO/c1-16-9-14-21(22(15-16)18-7-5-4-6-8-18)17(2)23-19-10-12-20(24-3)13-11-19/h4-15H,1-3H3. The van der Waals surface area contributed by atoms with E-state index in [9.17, 15) is 0 Å². The molecule has 0 aliphatic heterocycles. The molecule has 0 aliphatic carbocycles. The molecule has 0 saturated carbocycles. The SMILES string of the molecule is COc1ccc(N=C(C)c2ccc(C)cc2-c2ccccc2)cc1. The first-order chi connectivity index (χ1) is 11.7. The molecule has 0 aliphatic rings. The summed E-state index contributed by atoms with van der Waals surface area (Å²) in [7, 11) is 1.67. The zero-order chi connectivity index (χ0) is 16.9. The lowest BCUT2D eigenvalue weighted by Gasteiger charge is -2.11. The molecular formula is C22H21NO. The third-order valence-electron chi connectivity index (χ3n) is 4.02. The molecule has 0 amide bonds. The quantitative estimate of drug-likeness (QED) is 0.557. The fraction of sp³-hybridized carbons (Fsp3) is 0.136. The number of benzene rings is 3. The van der Waals surface area contributed by atoms with Crippen LogP contribution in [0.4, 0.5) is 5.69 Å². The van der Waals surface area contributed by atoms with Gasteiger partial charge in [0, 0.05) is 11.3 Å². The maximum absolute atomic E-state index is 5.20. The molecule has 0 aromatic heterocycles. The number of hydrogen-bond acceptors (Lipinski definition) is 2. The molecule has 24 heavy (non-hydrogen) atoms. The van der Waals surface area contributed by atoms with Crippen molar-refractivity contribution in [3.05, 3.63) is 83.9 Å². The van der Waals surface area contributed by atoms with Gasteiger partial charge in [0.05, 0.1) is 12.8 Å². The Kier molecular flexibility index (Phi) is 4.76. The lowest BCUT2D eigenvalue weighted by Crippen LogP contribution is -1.98. The van der Waals surface area contributed by atoms with Gasteiger partial charge < -0.3 is 4.74 Å². The lowest BCUT2D eigenvalue weighted by atomic mass is 9.95. The Morgan fingerprint density at radius 1 is 0.875 bits per heavy atom. The fourth-order valence-corrected chi connectivity index (χ4v) is 2.74. The van der Waals surface area contributed by atoms with Gasteiger partial charge in [0.1, 0.15) is 5.75 Å². The Morgan fingerprint density at radius 2 is 1.58 bits per heavy atom. The summed E-state index contributed by atoms with van der Waals surface area (Å²) < 4.78 is 5.20. The smallest absolute Gasteiger partial charge is 0.119 e. The summed E-state index contributed by atoms with van der Waals surface area (Å²) >= 11 is 0. The van der Waals surface area contributed by atoms with Crippen LogP contribution in [0.15, 0.2) is 77.8 Å². The third-order valence-corrected chi connectivity index (χ3v) is 4.02. The Balaban J connectivity index is 2.03. The van der Waals surface area contributed by atoms with Crippen molar-refractivity contribution in [2.75, 3.05) is 7.11 Å². The summed E-state index contributed by atoms with van der Waals surface area (Å²) in [5.74, 6) is 0.840. The zero-order valence-electron chi connectivity index (χ0n) is 14.3. The number of nitrogens with zero attached hydrogens (tertiary/aromatic N) is 1. The van der Waals surface area contributed by atoms with Gasteiger partial charge in [-0.3, -0.25) is 4.99 Å². The fourth-order valence-electron chi connectivity index (χ4n) is 2.74. The van der Waals surface area contributed by atoms with Gasteiger partial charge in [0.25, 0.3) is 0 Å². The second-order valence-corrected chi connectivity index (χ2v) is 5.81. The molecule has 2 heteroatoms. The Hall–Kier alpha value is -2.87. The molecule has 0 unspecified atom stereocenters. The summed E-state index contributed by atoms with van der Waals surface area (Å²) in [5, 5.41) is 0. The molecule has 3 aromatic carbocycles. The molecule has 0 fully saturated rings. The van der Waals surface area contributed by atoms with Crippen molar-refractivity contribution in [1.82, 2.24) is 0 Å². The van der Waals surface area contributed by atoms with E-state index in [0.29, 0.717) is 0 Å². The van der Waals surface area contributed by atoms with Gasteiger partial charge in [-0.05, 0) is 49.2 Å². The van der Waals surface area contributed by atoms with Crippen LogP contribution in [0, 0.1) is 6.92 Å². The van der Waals surface area contributed by atoms with E-state index in [4.69, 9.17) is 9.73 Å². The largest absolute Gasteiger partial charge is 0.497 e. The summed E-state index contributed by atoms with van der Waals surface area (Å²) in [6.45, 7) is 4.17. The number of hydrogen-bond donors (Lipinski definition) is 0. The van der Waals surface area contributed by atoms with Crippen LogP contribution < -0.4 is 4.74 Å². The molecule has 0 radical (unpaired) electrons. The zero-order valence-corrected chi connectivity index (χ0v) is 14.3. The molecule has 0 saturated heterocycles. The van der Waals surface area contributed by atoms with E-state index >= 15 is 0 Å². The summed E-state index contributed by atoms with van der Waals surface area (Å²) in [4.78, 5) is 4.78. The monoisotopic (exact) mass is 315 g/mol.